The number of rotatable bonds is 2. The minimum absolute atomic E-state index is 0.0541. The first-order chi connectivity index (χ1) is 7.58. The number of hydrogen-bond acceptors (Lipinski definition) is 2. The van der Waals surface area contributed by atoms with Crippen molar-refractivity contribution in [2.45, 2.75) is 65.0 Å². The van der Waals surface area contributed by atoms with E-state index in [1.807, 2.05) is 0 Å². The van der Waals surface area contributed by atoms with Crippen LogP contribution in [0.15, 0.2) is 0 Å². The van der Waals surface area contributed by atoms with Gasteiger partial charge in [0.15, 0.2) is 0 Å². The third kappa shape index (κ3) is 2.43. The van der Waals surface area contributed by atoms with Crippen molar-refractivity contribution in [2.24, 2.45) is 11.3 Å². The van der Waals surface area contributed by atoms with E-state index in [1.54, 1.807) is 0 Å². The highest BCUT2D eigenvalue weighted by Crippen LogP contribution is 2.44. The van der Waals surface area contributed by atoms with Crippen LogP contribution in [0.1, 0.15) is 59.3 Å². The molecule has 0 atom stereocenters. The van der Waals surface area contributed by atoms with E-state index in [-0.39, 0.29) is 5.72 Å². The zero-order chi connectivity index (χ0) is 11.6. The van der Waals surface area contributed by atoms with Crippen molar-refractivity contribution in [3.05, 3.63) is 0 Å². The van der Waals surface area contributed by atoms with Crippen molar-refractivity contribution in [3.63, 3.8) is 0 Å². The fourth-order valence-electron chi connectivity index (χ4n) is 3.18. The lowest BCUT2D eigenvalue weighted by atomic mass is 9.68. The van der Waals surface area contributed by atoms with Gasteiger partial charge in [0, 0.05) is 0 Å². The zero-order valence-electron chi connectivity index (χ0n) is 11.1. The Kier molecular flexibility index (Phi) is 3.60. The first-order valence-electron chi connectivity index (χ1n) is 6.97. The van der Waals surface area contributed by atoms with Gasteiger partial charge in [0.25, 0.3) is 0 Å². The van der Waals surface area contributed by atoms with Gasteiger partial charge in [0.2, 0.25) is 0 Å². The molecule has 1 saturated carbocycles. The minimum Gasteiger partial charge on any atom is -0.361 e. The summed E-state index contributed by atoms with van der Waals surface area (Å²) in [5.41, 5.74) is 0.564. The van der Waals surface area contributed by atoms with Crippen molar-refractivity contribution >= 4 is 0 Å². The predicted octanol–water partition coefficient (Wildman–Crippen LogP) is 3.32. The maximum absolute atomic E-state index is 5.99. The molecule has 0 aromatic heterocycles. The standard InChI is InChI=1S/C14H27NO/c1-4-13(2,3)12-6-8-14(9-7-12)15-10-5-11-16-14/h12,15H,4-11H2,1-3H3. The van der Waals surface area contributed by atoms with Crippen LogP contribution < -0.4 is 5.32 Å². The van der Waals surface area contributed by atoms with Crippen molar-refractivity contribution in [1.82, 2.24) is 5.32 Å². The molecule has 1 saturated heterocycles. The third-order valence-electron chi connectivity index (χ3n) is 4.96. The van der Waals surface area contributed by atoms with Gasteiger partial charge in [-0.3, -0.25) is 5.32 Å². The second-order valence-electron chi connectivity index (χ2n) is 6.24. The van der Waals surface area contributed by atoms with Gasteiger partial charge in [-0.05, 0) is 50.0 Å². The highest BCUT2D eigenvalue weighted by molar-refractivity contribution is 4.91. The monoisotopic (exact) mass is 225 g/mol. The van der Waals surface area contributed by atoms with Gasteiger partial charge in [0.1, 0.15) is 5.72 Å². The van der Waals surface area contributed by atoms with Crippen LogP contribution in [-0.4, -0.2) is 18.9 Å². The second kappa shape index (κ2) is 4.66. The lowest BCUT2D eigenvalue weighted by Crippen LogP contribution is -2.54. The maximum atomic E-state index is 5.99. The number of ether oxygens (including phenoxy) is 1. The zero-order valence-corrected chi connectivity index (χ0v) is 11.1. The van der Waals surface area contributed by atoms with Crippen LogP contribution in [0.25, 0.3) is 0 Å². The maximum Gasteiger partial charge on any atom is 0.119 e. The molecule has 16 heavy (non-hydrogen) atoms. The highest BCUT2D eigenvalue weighted by Gasteiger charge is 2.40. The molecule has 1 aliphatic heterocycles. The molecule has 2 aliphatic rings. The van der Waals surface area contributed by atoms with Gasteiger partial charge < -0.3 is 4.74 Å². The van der Waals surface area contributed by atoms with Gasteiger partial charge in [-0.2, -0.15) is 0 Å². The Morgan fingerprint density at radius 2 is 2.00 bits per heavy atom. The predicted molar refractivity (Wildman–Crippen MR) is 67.3 cm³/mol. The van der Waals surface area contributed by atoms with Crippen LogP contribution >= 0.6 is 0 Å². The van der Waals surface area contributed by atoms with Crippen molar-refractivity contribution < 1.29 is 4.74 Å². The van der Waals surface area contributed by atoms with E-state index in [4.69, 9.17) is 4.74 Å². The van der Waals surface area contributed by atoms with E-state index in [9.17, 15) is 0 Å². The molecule has 2 heteroatoms. The van der Waals surface area contributed by atoms with Crippen LogP contribution in [0.5, 0.6) is 0 Å². The normalized spacial score (nSPS) is 36.6. The number of nitrogens with one attached hydrogen (secondary N) is 1. The Morgan fingerprint density at radius 3 is 2.50 bits per heavy atom. The highest BCUT2D eigenvalue weighted by atomic mass is 16.5. The van der Waals surface area contributed by atoms with Crippen molar-refractivity contribution in [1.29, 1.82) is 0 Å². The van der Waals surface area contributed by atoms with E-state index in [2.05, 4.69) is 26.1 Å². The molecule has 0 amide bonds. The van der Waals surface area contributed by atoms with Crippen LogP contribution in [0.2, 0.25) is 0 Å². The average molecular weight is 225 g/mol. The van der Waals surface area contributed by atoms with Gasteiger partial charge in [-0.25, -0.2) is 0 Å². The third-order valence-corrected chi connectivity index (χ3v) is 4.96. The Bertz CT molecular complexity index is 221. The van der Waals surface area contributed by atoms with Crippen LogP contribution in [0.3, 0.4) is 0 Å². The molecule has 2 fully saturated rings. The molecule has 1 N–H and O–H groups in total. The summed E-state index contributed by atoms with van der Waals surface area (Å²) in [6.45, 7) is 9.26. The molecule has 2 nitrogen and oxygen atoms in total. The van der Waals surface area contributed by atoms with Gasteiger partial charge in [0.05, 0.1) is 6.61 Å². The van der Waals surface area contributed by atoms with E-state index < -0.39 is 0 Å². The summed E-state index contributed by atoms with van der Waals surface area (Å²) < 4.78 is 5.99. The molecule has 94 valence electrons. The summed E-state index contributed by atoms with van der Waals surface area (Å²) in [7, 11) is 0. The molecular formula is C14H27NO. The van der Waals surface area contributed by atoms with Crippen LogP contribution in [0.4, 0.5) is 0 Å². The molecule has 0 unspecified atom stereocenters. The molecule has 2 rings (SSSR count). The van der Waals surface area contributed by atoms with Gasteiger partial charge in [-0.15, -0.1) is 0 Å². The first-order valence-corrected chi connectivity index (χ1v) is 6.97. The smallest absolute Gasteiger partial charge is 0.119 e. The Morgan fingerprint density at radius 1 is 1.31 bits per heavy atom. The first kappa shape index (κ1) is 12.4. The molecule has 0 bridgehead atoms. The van der Waals surface area contributed by atoms with Gasteiger partial charge in [-0.1, -0.05) is 27.2 Å². The summed E-state index contributed by atoms with van der Waals surface area (Å²) >= 11 is 0. The van der Waals surface area contributed by atoms with E-state index in [0.29, 0.717) is 5.41 Å². The van der Waals surface area contributed by atoms with Crippen LogP contribution in [-0.2, 0) is 4.74 Å². The van der Waals surface area contributed by atoms with Crippen molar-refractivity contribution in [3.8, 4) is 0 Å². The van der Waals surface area contributed by atoms with Crippen molar-refractivity contribution in [2.75, 3.05) is 13.2 Å². The topological polar surface area (TPSA) is 21.3 Å². The number of hydrogen-bond donors (Lipinski definition) is 1. The molecule has 1 heterocycles. The SMILES string of the molecule is CCC(C)(C)C1CCC2(CC1)NCCCO2. The second-order valence-corrected chi connectivity index (χ2v) is 6.24. The summed E-state index contributed by atoms with van der Waals surface area (Å²) in [4.78, 5) is 0. The Labute approximate surface area is 100 Å². The molecule has 1 aliphatic carbocycles. The molecule has 0 radical (unpaired) electrons. The minimum atomic E-state index is 0.0541. The average Bonchev–Trinajstić information content (AvgIpc) is 2.31. The quantitative estimate of drug-likeness (QED) is 0.778. The Balaban J connectivity index is 1.91. The lowest BCUT2D eigenvalue weighted by Gasteiger charge is -2.46. The van der Waals surface area contributed by atoms with Gasteiger partial charge >= 0.3 is 0 Å². The molecular weight excluding hydrogens is 198 g/mol. The fourth-order valence-corrected chi connectivity index (χ4v) is 3.18. The summed E-state index contributed by atoms with van der Waals surface area (Å²) in [6.07, 6.45) is 7.54. The fraction of sp³-hybridized carbons (Fsp3) is 1.00. The summed E-state index contributed by atoms with van der Waals surface area (Å²) in [5, 5.41) is 3.60. The Hall–Kier alpha value is -0.0800. The largest absolute Gasteiger partial charge is 0.361 e. The molecule has 1 spiro atoms. The van der Waals surface area contributed by atoms with Crippen LogP contribution in [0, 0.1) is 11.3 Å². The van der Waals surface area contributed by atoms with E-state index in [0.717, 1.165) is 19.1 Å². The lowest BCUT2D eigenvalue weighted by molar-refractivity contribution is -0.129. The molecule has 0 aromatic rings. The summed E-state index contributed by atoms with van der Waals surface area (Å²) in [5.74, 6) is 0.885. The molecule has 0 aromatic carbocycles. The summed E-state index contributed by atoms with van der Waals surface area (Å²) in [6, 6.07) is 0. The van der Waals surface area contributed by atoms with E-state index in [1.165, 1.54) is 38.5 Å². The van der Waals surface area contributed by atoms with E-state index >= 15 is 0 Å².